The van der Waals surface area contributed by atoms with Crippen molar-refractivity contribution >= 4 is 17.8 Å². The number of carbonyl (C=O) groups excluding carboxylic acids is 2. The van der Waals surface area contributed by atoms with Crippen LogP contribution >= 0.6 is 0 Å². The summed E-state index contributed by atoms with van der Waals surface area (Å²) in [6.07, 6.45) is -0.549. The number of rotatable bonds is 12. The fourth-order valence-corrected chi connectivity index (χ4v) is 4.20. The Morgan fingerprint density at radius 3 is 2.00 bits per heavy atom. The van der Waals surface area contributed by atoms with E-state index in [1.54, 1.807) is 55.5 Å². The number of hydrogen-bond acceptors (Lipinski definition) is 6. The monoisotopic (exact) mass is 538 g/mol. The van der Waals surface area contributed by atoms with Gasteiger partial charge in [0.1, 0.15) is 11.9 Å². The molecule has 39 heavy (non-hydrogen) atoms. The van der Waals surface area contributed by atoms with Crippen LogP contribution in [0.25, 0.3) is 11.1 Å². The van der Waals surface area contributed by atoms with Crippen LogP contribution in [0, 0.1) is 12.7 Å². The van der Waals surface area contributed by atoms with Crippen molar-refractivity contribution in [3.8, 4) is 28.4 Å². The third-order valence-corrected chi connectivity index (χ3v) is 6.31. The lowest BCUT2D eigenvalue weighted by atomic mass is 10.0. The highest BCUT2D eigenvalue weighted by atomic mass is 19.1. The van der Waals surface area contributed by atoms with Crippen molar-refractivity contribution in [2.45, 2.75) is 32.4 Å². The Bertz CT molecular complexity index is 1330. The zero-order valence-corrected chi connectivity index (χ0v) is 22.2. The predicted molar refractivity (Wildman–Crippen MR) is 142 cm³/mol. The van der Waals surface area contributed by atoms with Crippen molar-refractivity contribution in [2.24, 2.45) is 5.73 Å². The third kappa shape index (κ3) is 6.84. The van der Waals surface area contributed by atoms with E-state index in [0.717, 1.165) is 0 Å². The van der Waals surface area contributed by atoms with Crippen molar-refractivity contribution in [2.75, 3.05) is 21.3 Å². The van der Waals surface area contributed by atoms with E-state index in [-0.39, 0.29) is 30.8 Å². The van der Waals surface area contributed by atoms with Gasteiger partial charge in [0.25, 0.3) is 5.91 Å². The van der Waals surface area contributed by atoms with Crippen LogP contribution in [0.5, 0.6) is 17.2 Å². The molecule has 3 aromatic carbocycles. The molecule has 0 aliphatic carbocycles. The second kappa shape index (κ2) is 12.8. The minimum atomic E-state index is -1.21. The van der Waals surface area contributed by atoms with Gasteiger partial charge in [-0.2, -0.15) is 0 Å². The summed E-state index contributed by atoms with van der Waals surface area (Å²) in [6.45, 7) is 1.57. The predicted octanol–water partition coefficient (Wildman–Crippen LogP) is 4.19. The number of ether oxygens (including phenoxy) is 3. The molecular weight excluding hydrogens is 507 g/mol. The van der Waals surface area contributed by atoms with E-state index in [1.165, 1.54) is 32.3 Å². The van der Waals surface area contributed by atoms with E-state index in [4.69, 9.17) is 19.9 Å². The molecule has 0 fully saturated rings. The zero-order valence-electron chi connectivity index (χ0n) is 22.2. The summed E-state index contributed by atoms with van der Waals surface area (Å²) < 4.78 is 30.2. The second-order valence-electron chi connectivity index (χ2n) is 8.86. The van der Waals surface area contributed by atoms with E-state index in [0.29, 0.717) is 39.5 Å². The number of benzene rings is 3. The van der Waals surface area contributed by atoms with E-state index < -0.39 is 23.8 Å². The number of carboxylic acid groups (broad SMARTS) is 1. The molecule has 0 aliphatic heterocycles. The summed E-state index contributed by atoms with van der Waals surface area (Å²) in [6, 6.07) is 13.4. The zero-order chi connectivity index (χ0) is 28.7. The maximum Gasteiger partial charge on any atom is 0.303 e. The highest BCUT2D eigenvalue weighted by Crippen LogP contribution is 2.38. The molecule has 0 saturated carbocycles. The Morgan fingerprint density at radius 1 is 0.923 bits per heavy atom. The van der Waals surface area contributed by atoms with Gasteiger partial charge in [-0.1, -0.05) is 24.3 Å². The summed E-state index contributed by atoms with van der Waals surface area (Å²) in [5, 5.41) is 9.21. The van der Waals surface area contributed by atoms with Gasteiger partial charge >= 0.3 is 5.97 Å². The van der Waals surface area contributed by atoms with Crippen LogP contribution in [0.15, 0.2) is 54.6 Å². The van der Waals surface area contributed by atoms with E-state index in [9.17, 15) is 23.9 Å². The molecule has 9 nitrogen and oxygen atoms in total. The lowest BCUT2D eigenvalue weighted by molar-refractivity contribution is -0.137. The minimum absolute atomic E-state index is 0.103. The molecule has 2 amide bonds. The number of hydrogen-bond donors (Lipinski definition) is 2. The van der Waals surface area contributed by atoms with E-state index in [1.807, 2.05) is 0 Å². The van der Waals surface area contributed by atoms with Crippen LogP contribution in [0.2, 0.25) is 0 Å². The Kier molecular flexibility index (Phi) is 9.48. The largest absolute Gasteiger partial charge is 0.493 e. The van der Waals surface area contributed by atoms with Crippen LogP contribution in [0.4, 0.5) is 4.39 Å². The third-order valence-electron chi connectivity index (χ3n) is 6.31. The number of amides is 2. The molecule has 0 heterocycles. The molecular formula is C29H31FN2O7. The number of carbonyl (C=O) groups is 3. The first-order valence-corrected chi connectivity index (χ1v) is 12.1. The minimum Gasteiger partial charge on any atom is -0.493 e. The van der Waals surface area contributed by atoms with Crippen LogP contribution in [0.1, 0.15) is 34.3 Å². The average molecular weight is 539 g/mol. The molecule has 0 spiro atoms. The maximum atomic E-state index is 14.1. The standard InChI is InChI=1S/C29H31FN2O7/c1-17-5-6-21(15-22(17)30)19-7-9-20(10-8-19)29(36)32(23(28(31)35)11-12-26(33)34)16-18-13-24(37-2)27(39-4)25(14-18)38-3/h5-10,13-15,23H,11-12,16H2,1-4H3,(H2,31,35)(H,33,34)/t23-/m0/s1. The SMILES string of the molecule is COc1cc(CN(C(=O)c2ccc(-c3ccc(C)c(F)c3)cc2)[C@@H](CCC(=O)O)C(N)=O)cc(OC)c1OC. The van der Waals surface area contributed by atoms with Crippen LogP contribution in [-0.2, 0) is 16.1 Å². The summed E-state index contributed by atoms with van der Waals surface area (Å²) in [7, 11) is 4.36. The number of primary amides is 1. The number of carboxylic acids is 1. The average Bonchev–Trinajstić information content (AvgIpc) is 2.92. The number of nitrogens with zero attached hydrogens (tertiary/aromatic N) is 1. The van der Waals surface area contributed by atoms with Gasteiger partial charge in [0, 0.05) is 18.5 Å². The van der Waals surface area contributed by atoms with Gasteiger partial charge in [0.2, 0.25) is 11.7 Å². The van der Waals surface area contributed by atoms with E-state index in [2.05, 4.69) is 0 Å². The molecule has 3 N–H and O–H groups in total. The highest BCUT2D eigenvalue weighted by Gasteiger charge is 2.30. The molecule has 3 rings (SSSR count). The molecule has 0 unspecified atom stereocenters. The first kappa shape index (κ1) is 29.0. The number of methoxy groups -OCH3 is 3. The fourth-order valence-electron chi connectivity index (χ4n) is 4.20. The normalized spacial score (nSPS) is 11.4. The molecule has 0 radical (unpaired) electrons. The van der Waals surface area contributed by atoms with Gasteiger partial charge in [0.15, 0.2) is 11.5 Å². The molecule has 0 aliphatic rings. The van der Waals surface area contributed by atoms with Gasteiger partial charge in [-0.25, -0.2) is 4.39 Å². The number of halogens is 1. The van der Waals surface area contributed by atoms with Crippen LogP contribution in [-0.4, -0.2) is 55.2 Å². The van der Waals surface area contributed by atoms with Gasteiger partial charge in [-0.3, -0.25) is 14.4 Å². The highest BCUT2D eigenvalue weighted by molar-refractivity contribution is 5.97. The molecule has 0 aromatic heterocycles. The summed E-state index contributed by atoms with van der Waals surface area (Å²) >= 11 is 0. The summed E-state index contributed by atoms with van der Waals surface area (Å²) in [5.74, 6) is -1.82. The van der Waals surface area contributed by atoms with Crippen molar-refractivity contribution in [1.29, 1.82) is 0 Å². The van der Waals surface area contributed by atoms with Crippen molar-refractivity contribution in [1.82, 2.24) is 4.90 Å². The summed E-state index contributed by atoms with van der Waals surface area (Å²) in [4.78, 5) is 38.7. The van der Waals surface area contributed by atoms with Crippen LogP contribution < -0.4 is 19.9 Å². The lowest BCUT2D eigenvalue weighted by Crippen LogP contribution is -2.47. The van der Waals surface area contributed by atoms with Crippen molar-refractivity contribution in [3.05, 3.63) is 77.1 Å². The van der Waals surface area contributed by atoms with E-state index >= 15 is 0 Å². The quantitative estimate of drug-likeness (QED) is 0.354. The second-order valence-corrected chi connectivity index (χ2v) is 8.86. The first-order valence-electron chi connectivity index (χ1n) is 12.1. The Morgan fingerprint density at radius 2 is 1.51 bits per heavy atom. The Labute approximate surface area is 225 Å². The van der Waals surface area contributed by atoms with Crippen molar-refractivity contribution in [3.63, 3.8) is 0 Å². The number of aryl methyl sites for hydroxylation is 1. The van der Waals surface area contributed by atoms with Crippen molar-refractivity contribution < 1.29 is 38.1 Å². The van der Waals surface area contributed by atoms with Gasteiger partial charge in [-0.05, 0) is 65.9 Å². The molecule has 10 heteroatoms. The topological polar surface area (TPSA) is 128 Å². The fraction of sp³-hybridized carbons (Fsp3) is 0.276. The molecule has 1 atom stereocenters. The maximum absolute atomic E-state index is 14.1. The lowest BCUT2D eigenvalue weighted by Gasteiger charge is -2.30. The smallest absolute Gasteiger partial charge is 0.303 e. The first-order chi connectivity index (χ1) is 18.6. The van der Waals surface area contributed by atoms with Gasteiger partial charge in [-0.15, -0.1) is 0 Å². The molecule has 206 valence electrons. The Balaban J connectivity index is 2.02. The molecule has 0 bridgehead atoms. The number of aliphatic carboxylic acids is 1. The molecule has 3 aromatic rings. The van der Waals surface area contributed by atoms with Gasteiger partial charge < -0.3 is 30.0 Å². The molecule has 0 saturated heterocycles. The Hall–Kier alpha value is -4.60. The summed E-state index contributed by atoms with van der Waals surface area (Å²) in [5.41, 5.74) is 8.27. The van der Waals surface area contributed by atoms with Gasteiger partial charge in [0.05, 0.1) is 21.3 Å². The number of nitrogens with two attached hydrogens (primary N) is 1. The van der Waals surface area contributed by atoms with Crippen LogP contribution in [0.3, 0.4) is 0 Å².